The number of carbonyl (C=O) groups is 2. The molecule has 0 aliphatic heterocycles. The maximum Gasteiger partial charge on any atom is 0.243 e. The molecule has 4 nitrogen and oxygen atoms in total. The molecule has 2 aromatic carbocycles. The molecule has 0 unspecified atom stereocenters. The van der Waals surface area contributed by atoms with Gasteiger partial charge in [0.05, 0.1) is 12.0 Å². The van der Waals surface area contributed by atoms with Crippen LogP contribution in [0.4, 0.5) is 5.69 Å². The van der Waals surface area contributed by atoms with Crippen LogP contribution in [0.1, 0.15) is 42.4 Å². The molecule has 0 radical (unpaired) electrons. The van der Waals surface area contributed by atoms with E-state index in [0.29, 0.717) is 0 Å². The fourth-order valence-corrected chi connectivity index (χ4v) is 3.91. The predicted molar refractivity (Wildman–Crippen MR) is 104 cm³/mol. The second-order valence-corrected chi connectivity index (χ2v) is 7.15. The summed E-state index contributed by atoms with van der Waals surface area (Å²) in [5.74, 6) is -0.241. The van der Waals surface area contributed by atoms with Crippen molar-refractivity contribution in [2.75, 3.05) is 11.9 Å². The summed E-state index contributed by atoms with van der Waals surface area (Å²) in [4.78, 5) is 25.3. The molecule has 0 bridgehead atoms. The highest BCUT2D eigenvalue weighted by Gasteiger charge is 2.42. The Balaban J connectivity index is 1.67. The molecule has 1 fully saturated rings. The van der Waals surface area contributed by atoms with Crippen LogP contribution in [0.2, 0.25) is 0 Å². The second-order valence-electron chi connectivity index (χ2n) is 7.15. The molecule has 2 amide bonds. The van der Waals surface area contributed by atoms with E-state index < -0.39 is 5.41 Å². The van der Waals surface area contributed by atoms with Crippen LogP contribution in [-0.2, 0) is 15.0 Å². The molecule has 0 saturated heterocycles. The third-order valence-electron chi connectivity index (χ3n) is 5.37. The number of nitrogens with one attached hydrogen (secondary N) is 2. The lowest BCUT2D eigenvalue weighted by molar-refractivity contribution is -0.128. The number of para-hydroxylation sites is 1. The maximum absolute atomic E-state index is 13.0. The zero-order valence-corrected chi connectivity index (χ0v) is 15.5. The summed E-state index contributed by atoms with van der Waals surface area (Å²) in [5.41, 5.74) is 3.40. The number of benzene rings is 2. The highest BCUT2D eigenvalue weighted by molar-refractivity contribution is 5.97. The Morgan fingerprint density at radius 1 is 0.923 bits per heavy atom. The third-order valence-corrected chi connectivity index (χ3v) is 5.37. The van der Waals surface area contributed by atoms with Crippen LogP contribution in [0.3, 0.4) is 0 Å². The van der Waals surface area contributed by atoms with Crippen LogP contribution in [0.15, 0.2) is 48.5 Å². The van der Waals surface area contributed by atoms with Gasteiger partial charge in [0, 0.05) is 5.69 Å². The fraction of sp³-hybridized carbons (Fsp3) is 0.364. The summed E-state index contributed by atoms with van der Waals surface area (Å²) in [6.07, 6.45) is 3.75. The number of amides is 2. The summed E-state index contributed by atoms with van der Waals surface area (Å²) in [7, 11) is 0. The zero-order valence-electron chi connectivity index (χ0n) is 15.5. The van der Waals surface area contributed by atoms with Gasteiger partial charge in [-0.1, -0.05) is 61.4 Å². The van der Waals surface area contributed by atoms with Gasteiger partial charge >= 0.3 is 0 Å². The summed E-state index contributed by atoms with van der Waals surface area (Å²) in [6, 6.07) is 15.8. The second kappa shape index (κ2) is 7.73. The van der Waals surface area contributed by atoms with E-state index in [1.807, 2.05) is 62.4 Å². The van der Waals surface area contributed by atoms with Gasteiger partial charge in [0.15, 0.2) is 0 Å². The largest absolute Gasteiger partial charge is 0.346 e. The maximum atomic E-state index is 13.0. The molecule has 26 heavy (non-hydrogen) atoms. The highest BCUT2D eigenvalue weighted by atomic mass is 16.2. The summed E-state index contributed by atoms with van der Waals surface area (Å²) < 4.78 is 0. The molecule has 1 saturated carbocycles. The monoisotopic (exact) mass is 350 g/mol. The lowest BCUT2D eigenvalue weighted by atomic mass is 9.78. The number of carbonyl (C=O) groups excluding carboxylic acids is 2. The van der Waals surface area contributed by atoms with Crippen molar-refractivity contribution in [2.24, 2.45) is 0 Å². The molecule has 4 heteroatoms. The van der Waals surface area contributed by atoms with Crippen LogP contribution < -0.4 is 10.6 Å². The van der Waals surface area contributed by atoms with E-state index in [1.165, 1.54) is 0 Å². The van der Waals surface area contributed by atoms with Crippen molar-refractivity contribution in [3.63, 3.8) is 0 Å². The summed E-state index contributed by atoms with van der Waals surface area (Å²) in [5, 5.41) is 5.79. The van der Waals surface area contributed by atoms with Crippen LogP contribution in [-0.4, -0.2) is 18.4 Å². The number of hydrogen-bond acceptors (Lipinski definition) is 2. The number of aryl methyl sites for hydroxylation is 2. The molecular weight excluding hydrogens is 324 g/mol. The minimum Gasteiger partial charge on any atom is -0.346 e. The first-order valence-corrected chi connectivity index (χ1v) is 9.23. The number of rotatable bonds is 5. The highest BCUT2D eigenvalue weighted by Crippen LogP contribution is 2.41. The molecule has 0 heterocycles. The fourth-order valence-electron chi connectivity index (χ4n) is 3.91. The van der Waals surface area contributed by atoms with Crippen molar-refractivity contribution in [2.45, 2.75) is 44.9 Å². The van der Waals surface area contributed by atoms with Crippen molar-refractivity contribution in [3.8, 4) is 0 Å². The Labute approximate surface area is 155 Å². The Hall–Kier alpha value is -2.62. The molecule has 1 aliphatic carbocycles. The molecule has 2 N–H and O–H groups in total. The quantitative estimate of drug-likeness (QED) is 0.860. The van der Waals surface area contributed by atoms with Crippen molar-refractivity contribution < 1.29 is 9.59 Å². The summed E-state index contributed by atoms with van der Waals surface area (Å²) >= 11 is 0. The van der Waals surface area contributed by atoms with E-state index in [9.17, 15) is 9.59 Å². The first-order chi connectivity index (χ1) is 12.5. The molecule has 136 valence electrons. The normalized spacial score (nSPS) is 15.5. The minimum absolute atomic E-state index is 0.0127. The van der Waals surface area contributed by atoms with Gasteiger partial charge in [0.1, 0.15) is 0 Å². The van der Waals surface area contributed by atoms with Gasteiger partial charge < -0.3 is 10.6 Å². The van der Waals surface area contributed by atoms with Crippen molar-refractivity contribution in [1.29, 1.82) is 0 Å². The topological polar surface area (TPSA) is 58.2 Å². The van der Waals surface area contributed by atoms with Crippen molar-refractivity contribution >= 4 is 17.5 Å². The molecule has 1 aliphatic rings. The Morgan fingerprint density at radius 3 is 2.15 bits per heavy atom. The van der Waals surface area contributed by atoms with Crippen molar-refractivity contribution in [3.05, 3.63) is 65.2 Å². The van der Waals surface area contributed by atoms with Crippen LogP contribution >= 0.6 is 0 Å². The average Bonchev–Trinajstić information content (AvgIpc) is 3.15. The number of hydrogen-bond donors (Lipinski definition) is 2. The van der Waals surface area contributed by atoms with Gasteiger partial charge in [-0.15, -0.1) is 0 Å². The van der Waals surface area contributed by atoms with E-state index in [-0.39, 0.29) is 18.4 Å². The van der Waals surface area contributed by atoms with E-state index in [1.54, 1.807) is 0 Å². The third kappa shape index (κ3) is 3.64. The van der Waals surface area contributed by atoms with Gasteiger partial charge in [-0.25, -0.2) is 0 Å². The smallest absolute Gasteiger partial charge is 0.243 e. The zero-order chi connectivity index (χ0) is 18.6. The first kappa shape index (κ1) is 18.2. The van der Waals surface area contributed by atoms with Gasteiger partial charge in [-0.2, -0.15) is 0 Å². The number of anilines is 1. The van der Waals surface area contributed by atoms with E-state index in [2.05, 4.69) is 10.6 Å². The Kier molecular flexibility index (Phi) is 5.40. The molecule has 3 rings (SSSR count). The molecule has 0 aromatic heterocycles. The minimum atomic E-state index is -0.500. The van der Waals surface area contributed by atoms with Crippen LogP contribution in [0, 0.1) is 13.8 Å². The van der Waals surface area contributed by atoms with E-state index in [0.717, 1.165) is 48.1 Å². The standard InChI is InChI=1S/C22H26N2O2/c1-16-9-8-10-17(2)20(16)24-19(25)15-23-21(26)22(13-6-7-14-22)18-11-4-3-5-12-18/h3-5,8-12H,6-7,13-15H2,1-2H3,(H,23,26)(H,24,25). The molecule has 0 spiro atoms. The first-order valence-electron chi connectivity index (χ1n) is 9.23. The summed E-state index contributed by atoms with van der Waals surface area (Å²) in [6.45, 7) is 3.91. The Bertz CT molecular complexity index is 773. The van der Waals surface area contributed by atoms with Gasteiger partial charge in [0.2, 0.25) is 11.8 Å². The van der Waals surface area contributed by atoms with Gasteiger partial charge in [-0.3, -0.25) is 9.59 Å². The van der Waals surface area contributed by atoms with Crippen LogP contribution in [0.25, 0.3) is 0 Å². The van der Waals surface area contributed by atoms with E-state index in [4.69, 9.17) is 0 Å². The van der Waals surface area contributed by atoms with E-state index >= 15 is 0 Å². The lowest BCUT2D eigenvalue weighted by Crippen LogP contribution is -2.45. The SMILES string of the molecule is Cc1cccc(C)c1NC(=O)CNC(=O)C1(c2ccccc2)CCCC1. The van der Waals surface area contributed by atoms with Crippen LogP contribution in [0.5, 0.6) is 0 Å². The van der Waals surface area contributed by atoms with Crippen molar-refractivity contribution in [1.82, 2.24) is 5.32 Å². The van der Waals surface area contributed by atoms with Gasteiger partial charge in [0.25, 0.3) is 0 Å². The molecular formula is C22H26N2O2. The average molecular weight is 350 g/mol. The van der Waals surface area contributed by atoms with Gasteiger partial charge in [-0.05, 0) is 43.4 Å². The lowest BCUT2D eigenvalue weighted by Gasteiger charge is -2.28. The molecule has 2 aromatic rings. The predicted octanol–water partition coefficient (Wildman–Crippen LogP) is 3.87. The Morgan fingerprint density at radius 2 is 1.54 bits per heavy atom. The molecule has 0 atom stereocenters.